The zero-order chi connectivity index (χ0) is 43.4. The summed E-state index contributed by atoms with van der Waals surface area (Å²) >= 11 is 0. The van der Waals surface area contributed by atoms with E-state index >= 15 is 0 Å². The van der Waals surface area contributed by atoms with Crippen LogP contribution in [-0.2, 0) is 0 Å². The van der Waals surface area contributed by atoms with E-state index < -0.39 is 0 Å². The molecular formula is C56H104N2O2. The molecule has 0 saturated heterocycles. The van der Waals surface area contributed by atoms with Crippen LogP contribution < -0.4 is 0 Å². The van der Waals surface area contributed by atoms with E-state index in [1.165, 1.54) is 231 Å². The first-order valence-electron chi connectivity index (χ1n) is 27.3. The molecule has 1 aromatic rings. The van der Waals surface area contributed by atoms with Crippen molar-refractivity contribution in [1.82, 2.24) is 9.80 Å². The van der Waals surface area contributed by atoms with Crippen LogP contribution in [0.25, 0.3) is 0 Å². The van der Waals surface area contributed by atoms with E-state index in [-0.39, 0.29) is 11.8 Å². The first-order valence-corrected chi connectivity index (χ1v) is 27.3. The quantitative estimate of drug-likeness (QED) is 0.0614. The van der Waals surface area contributed by atoms with Crippen LogP contribution in [0.5, 0.6) is 0 Å². The van der Waals surface area contributed by atoms with Gasteiger partial charge in [-0.25, -0.2) is 0 Å². The average molecular weight is 837 g/mol. The highest BCUT2D eigenvalue weighted by molar-refractivity contribution is 5.99. The van der Waals surface area contributed by atoms with Crippen molar-refractivity contribution in [2.75, 3.05) is 26.2 Å². The Morgan fingerprint density at radius 2 is 0.483 bits per heavy atom. The SMILES string of the molecule is CCCCCCCCCCCCN(CCCCCCCCCCCC)C(=O)c1cccc(C(=O)N(CCCCCCCCCCCC)CCCCCCCCCCCC)c1. The summed E-state index contributed by atoms with van der Waals surface area (Å²) in [6.45, 7) is 12.5. The van der Waals surface area contributed by atoms with Crippen LogP contribution in [0.2, 0.25) is 0 Å². The fraction of sp³-hybridized carbons (Fsp3) is 0.857. The number of amides is 2. The molecule has 4 nitrogen and oxygen atoms in total. The number of hydrogen-bond donors (Lipinski definition) is 0. The van der Waals surface area contributed by atoms with E-state index in [2.05, 4.69) is 37.5 Å². The van der Waals surface area contributed by atoms with Gasteiger partial charge < -0.3 is 9.80 Å². The van der Waals surface area contributed by atoms with Gasteiger partial charge in [-0.15, -0.1) is 0 Å². The van der Waals surface area contributed by atoms with Gasteiger partial charge in [-0.1, -0.05) is 265 Å². The summed E-state index contributed by atoms with van der Waals surface area (Å²) in [5, 5.41) is 0. The molecule has 0 bridgehead atoms. The minimum Gasteiger partial charge on any atom is -0.339 e. The number of carbonyl (C=O) groups is 2. The highest BCUT2D eigenvalue weighted by Crippen LogP contribution is 2.19. The van der Waals surface area contributed by atoms with E-state index in [4.69, 9.17) is 0 Å². The van der Waals surface area contributed by atoms with E-state index in [0.717, 1.165) is 51.9 Å². The molecule has 0 atom stereocenters. The third-order valence-corrected chi connectivity index (χ3v) is 13.1. The molecule has 0 aliphatic carbocycles. The van der Waals surface area contributed by atoms with Gasteiger partial charge in [-0.3, -0.25) is 9.59 Å². The van der Waals surface area contributed by atoms with E-state index in [9.17, 15) is 9.59 Å². The van der Waals surface area contributed by atoms with Gasteiger partial charge in [0.25, 0.3) is 11.8 Å². The Bertz CT molecular complexity index is 944. The molecule has 0 radical (unpaired) electrons. The summed E-state index contributed by atoms with van der Waals surface area (Å²) in [5.74, 6) is 0.236. The minimum atomic E-state index is 0.118. The Labute approximate surface area is 376 Å². The predicted octanol–water partition coefficient (Wildman–Crippen LogP) is 18.3. The summed E-state index contributed by atoms with van der Waals surface area (Å²) in [4.78, 5) is 32.7. The molecule has 2 amide bonds. The van der Waals surface area contributed by atoms with Crippen molar-refractivity contribution in [2.24, 2.45) is 0 Å². The lowest BCUT2D eigenvalue weighted by Gasteiger charge is -2.25. The fourth-order valence-electron chi connectivity index (χ4n) is 8.94. The zero-order valence-corrected chi connectivity index (χ0v) is 41.1. The number of benzene rings is 1. The van der Waals surface area contributed by atoms with E-state index in [1.807, 2.05) is 24.3 Å². The second-order valence-electron chi connectivity index (χ2n) is 18.9. The molecule has 1 aromatic carbocycles. The largest absolute Gasteiger partial charge is 0.339 e. The Morgan fingerprint density at radius 1 is 0.300 bits per heavy atom. The standard InChI is InChI=1S/C56H104N2O2/c1-5-9-13-17-21-25-29-33-37-41-48-57(49-42-38-34-30-26-22-18-14-10-6-2)55(59)53-46-45-47-54(52-53)56(60)58(50-43-39-35-31-27-23-19-15-11-7-3)51-44-40-36-32-28-24-20-16-12-8-4/h45-47,52H,5-44,48-51H2,1-4H3. The third kappa shape index (κ3) is 32.8. The molecule has 0 aromatic heterocycles. The Hall–Kier alpha value is -1.84. The molecule has 0 spiro atoms. The van der Waals surface area contributed by atoms with Crippen molar-refractivity contribution in [3.8, 4) is 0 Å². The van der Waals surface area contributed by atoms with Crippen LogP contribution >= 0.6 is 0 Å². The maximum atomic E-state index is 14.2. The second kappa shape index (κ2) is 43.8. The fourth-order valence-corrected chi connectivity index (χ4v) is 8.94. The van der Waals surface area contributed by atoms with Gasteiger partial charge in [-0.05, 0) is 43.9 Å². The van der Waals surface area contributed by atoms with Crippen molar-refractivity contribution < 1.29 is 9.59 Å². The third-order valence-electron chi connectivity index (χ3n) is 13.1. The van der Waals surface area contributed by atoms with Crippen LogP contribution in [0.4, 0.5) is 0 Å². The first kappa shape index (κ1) is 56.2. The number of hydrogen-bond acceptors (Lipinski definition) is 2. The maximum absolute atomic E-state index is 14.2. The highest BCUT2D eigenvalue weighted by atomic mass is 16.2. The maximum Gasteiger partial charge on any atom is 0.253 e. The average Bonchev–Trinajstić information content (AvgIpc) is 3.27. The molecule has 4 heteroatoms. The van der Waals surface area contributed by atoms with E-state index in [0.29, 0.717) is 11.1 Å². The molecule has 0 aliphatic rings. The Balaban J connectivity index is 2.83. The summed E-state index contributed by atoms with van der Waals surface area (Å²) in [6, 6.07) is 7.80. The Morgan fingerprint density at radius 3 is 0.683 bits per heavy atom. The molecule has 0 saturated carbocycles. The monoisotopic (exact) mass is 837 g/mol. The number of carbonyl (C=O) groups excluding carboxylic acids is 2. The van der Waals surface area contributed by atoms with Crippen LogP contribution in [0.3, 0.4) is 0 Å². The lowest BCUT2D eigenvalue weighted by molar-refractivity contribution is 0.0747. The summed E-state index contributed by atoms with van der Waals surface area (Å²) in [6.07, 6.45) is 52.1. The molecule has 60 heavy (non-hydrogen) atoms. The Kier molecular flexibility index (Phi) is 41.0. The summed E-state index contributed by atoms with van der Waals surface area (Å²) in [5.41, 5.74) is 1.38. The zero-order valence-electron chi connectivity index (χ0n) is 41.1. The summed E-state index contributed by atoms with van der Waals surface area (Å²) in [7, 11) is 0. The smallest absolute Gasteiger partial charge is 0.253 e. The van der Waals surface area contributed by atoms with Crippen molar-refractivity contribution in [3.05, 3.63) is 35.4 Å². The van der Waals surface area contributed by atoms with Crippen LogP contribution in [0.1, 0.15) is 305 Å². The van der Waals surface area contributed by atoms with Crippen LogP contribution in [-0.4, -0.2) is 47.8 Å². The van der Waals surface area contributed by atoms with Crippen molar-refractivity contribution in [3.63, 3.8) is 0 Å². The van der Waals surface area contributed by atoms with Crippen molar-refractivity contribution in [1.29, 1.82) is 0 Å². The van der Waals surface area contributed by atoms with Crippen LogP contribution in [0.15, 0.2) is 24.3 Å². The van der Waals surface area contributed by atoms with Gasteiger partial charge >= 0.3 is 0 Å². The normalized spacial score (nSPS) is 11.4. The van der Waals surface area contributed by atoms with Gasteiger partial charge in [0.2, 0.25) is 0 Å². The van der Waals surface area contributed by atoms with Crippen molar-refractivity contribution in [2.45, 2.75) is 285 Å². The molecule has 0 heterocycles. The topological polar surface area (TPSA) is 40.6 Å². The number of unbranched alkanes of at least 4 members (excludes halogenated alkanes) is 36. The van der Waals surface area contributed by atoms with Crippen LogP contribution in [0, 0.1) is 0 Å². The van der Waals surface area contributed by atoms with Gasteiger partial charge in [0.15, 0.2) is 0 Å². The first-order chi connectivity index (χ1) is 29.6. The molecule has 0 unspecified atom stereocenters. The lowest BCUT2D eigenvalue weighted by Crippen LogP contribution is -2.34. The second-order valence-corrected chi connectivity index (χ2v) is 18.9. The van der Waals surface area contributed by atoms with Gasteiger partial charge in [0.1, 0.15) is 0 Å². The molecular weight excluding hydrogens is 733 g/mol. The molecule has 350 valence electrons. The number of rotatable bonds is 46. The molecule has 1 rings (SSSR count). The molecule has 0 aliphatic heterocycles. The van der Waals surface area contributed by atoms with Gasteiger partial charge in [-0.2, -0.15) is 0 Å². The minimum absolute atomic E-state index is 0.118. The van der Waals surface area contributed by atoms with Gasteiger partial charge in [0, 0.05) is 37.3 Å². The predicted molar refractivity (Wildman–Crippen MR) is 266 cm³/mol. The molecule has 0 fully saturated rings. The van der Waals surface area contributed by atoms with Gasteiger partial charge in [0.05, 0.1) is 0 Å². The van der Waals surface area contributed by atoms with E-state index in [1.54, 1.807) is 0 Å². The van der Waals surface area contributed by atoms with Crippen molar-refractivity contribution >= 4 is 11.8 Å². The highest BCUT2D eigenvalue weighted by Gasteiger charge is 2.20. The lowest BCUT2D eigenvalue weighted by atomic mass is 10.0. The summed E-state index contributed by atoms with van der Waals surface area (Å²) < 4.78 is 0. The molecule has 0 N–H and O–H groups in total. The number of nitrogens with zero attached hydrogens (tertiary/aromatic N) is 2.